The van der Waals surface area contributed by atoms with Crippen molar-refractivity contribution in [3.05, 3.63) is 35.3 Å². The molecule has 0 aliphatic rings. The summed E-state index contributed by atoms with van der Waals surface area (Å²) in [6, 6.07) is 5.24. The third-order valence-electron chi connectivity index (χ3n) is 1.12. The lowest BCUT2D eigenvalue weighted by Gasteiger charge is -1.89. The molecule has 0 aromatic carbocycles. The topological polar surface area (TPSA) is 43.3 Å². The third kappa shape index (κ3) is 1.30. The van der Waals surface area contributed by atoms with Gasteiger partial charge < -0.3 is 10.6 Å². The molecule has 0 fully saturated rings. The van der Waals surface area contributed by atoms with E-state index in [1.807, 2.05) is 0 Å². The maximum atomic E-state index is 6.64. The molecule has 1 aromatic heterocycles. The van der Waals surface area contributed by atoms with E-state index in [0.29, 0.717) is 12.4 Å². The summed E-state index contributed by atoms with van der Waals surface area (Å²) in [6.07, 6.45) is 0. The van der Waals surface area contributed by atoms with Crippen molar-refractivity contribution in [2.45, 2.75) is 6.54 Å². The average Bonchev–Trinajstić information content (AvgIpc) is 2.05. The summed E-state index contributed by atoms with van der Waals surface area (Å²) in [4.78, 5) is 7.09. The molecule has 0 aliphatic heterocycles. The van der Waals surface area contributed by atoms with Gasteiger partial charge in [0, 0.05) is 0 Å². The van der Waals surface area contributed by atoms with Crippen LogP contribution in [0, 0.1) is 6.57 Å². The van der Waals surface area contributed by atoms with Crippen molar-refractivity contribution in [3.8, 4) is 0 Å². The number of hydrogen-bond acceptors (Lipinski definition) is 2. The fraction of sp³-hybridized carbons (Fsp3) is 0.143. The van der Waals surface area contributed by atoms with E-state index >= 15 is 0 Å². The normalized spacial score (nSPS) is 8.80. The minimum absolute atomic E-state index is 0.392. The molecular weight excluding hydrogens is 126 g/mol. The predicted octanol–water partition coefficient (Wildman–Crippen LogP) is 1.09. The number of nitrogens with two attached hydrogens (primary N) is 1. The van der Waals surface area contributed by atoms with Crippen LogP contribution >= 0.6 is 0 Å². The fourth-order valence-corrected chi connectivity index (χ4v) is 0.643. The van der Waals surface area contributed by atoms with Crippen molar-refractivity contribution in [1.82, 2.24) is 4.98 Å². The molecule has 0 bridgehead atoms. The number of rotatable bonds is 1. The Kier molecular flexibility index (Phi) is 1.98. The number of pyridine rings is 1. The number of nitrogens with zero attached hydrogens (tertiary/aromatic N) is 2. The highest BCUT2D eigenvalue weighted by molar-refractivity contribution is 5.35. The summed E-state index contributed by atoms with van der Waals surface area (Å²) in [7, 11) is 0. The minimum Gasteiger partial charge on any atom is -0.361 e. The molecular formula is C7H7N3. The Morgan fingerprint density at radius 3 is 3.00 bits per heavy atom. The molecule has 1 rings (SSSR count). The van der Waals surface area contributed by atoms with Crippen molar-refractivity contribution in [3.63, 3.8) is 0 Å². The van der Waals surface area contributed by atoms with Gasteiger partial charge in [-0.2, -0.15) is 0 Å². The van der Waals surface area contributed by atoms with Crippen LogP contribution in [0.15, 0.2) is 18.2 Å². The van der Waals surface area contributed by atoms with Gasteiger partial charge in [0.05, 0.1) is 6.54 Å². The van der Waals surface area contributed by atoms with E-state index in [2.05, 4.69) is 9.83 Å². The summed E-state index contributed by atoms with van der Waals surface area (Å²) >= 11 is 0. The van der Waals surface area contributed by atoms with Crippen molar-refractivity contribution < 1.29 is 0 Å². The van der Waals surface area contributed by atoms with E-state index < -0.39 is 0 Å². The summed E-state index contributed by atoms with van der Waals surface area (Å²) in [5.41, 5.74) is 6.07. The van der Waals surface area contributed by atoms with Crippen LogP contribution in [0.3, 0.4) is 0 Å². The molecule has 0 spiro atoms. The van der Waals surface area contributed by atoms with Crippen LogP contribution in [0.5, 0.6) is 0 Å². The second-order valence-corrected chi connectivity index (χ2v) is 1.80. The first-order chi connectivity index (χ1) is 4.86. The van der Waals surface area contributed by atoms with E-state index in [-0.39, 0.29) is 0 Å². The molecule has 0 atom stereocenters. The van der Waals surface area contributed by atoms with Crippen LogP contribution in [0.1, 0.15) is 5.69 Å². The van der Waals surface area contributed by atoms with Crippen molar-refractivity contribution in [2.24, 2.45) is 5.73 Å². The van der Waals surface area contributed by atoms with E-state index in [1.54, 1.807) is 18.2 Å². The van der Waals surface area contributed by atoms with Crippen LogP contribution in [0.2, 0.25) is 0 Å². The second-order valence-electron chi connectivity index (χ2n) is 1.80. The highest BCUT2D eigenvalue weighted by Crippen LogP contribution is 2.06. The maximum Gasteiger partial charge on any atom is 0.269 e. The molecule has 3 nitrogen and oxygen atoms in total. The van der Waals surface area contributed by atoms with Gasteiger partial charge in [0.1, 0.15) is 5.69 Å². The van der Waals surface area contributed by atoms with E-state index in [1.165, 1.54) is 0 Å². The van der Waals surface area contributed by atoms with E-state index in [4.69, 9.17) is 12.3 Å². The zero-order chi connectivity index (χ0) is 7.40. The maximum absolute atomic E-state index is 6.64. The largest absolute Gasteiger partial charge is 0.361 e. The van der Waals surface area contributed by atoms with Gasteiger partial charge in [-0.15, -0.1) is 4.98 Å². The van der Waals surface area contributed by atoms with Crippen LogP contribution in [-0.2, 0) is 6.54 Å². The van der Waals surface area contributed by atoms with Crippen LogP contribution in [0.4, 0.5) is 5.82 Å². The van der Waals surface area contributed by atoms with E-state index in [0.717, 1.165) is 5.69 Å². The Hall–Kier alpha value is -1.40. The first-order valence-electron chi connectivity index (χ1n) is 2.90. The lowest BCUT2D eigenvalue weighted by molar-refractivity contribution is 0.997. The van der Waals surface area contributed by atoms with Crippen molar-refractivity contribution >= 4 is 5.82 Å². The van der Waals surface area contributed by atoms with Gasteiger partial charge in [-0.3, -0.25) is 0 Å². The predicted molar refractivity (Wildman–Crippen MR) is 38.4 cm³/mol. The van der Waals surface area contributed by atoms with Crippen LogP contribution in [0.25, 0.3) is 4.85 Å². The van der Waals surface area contributed by atoms with Gasteiger partial charge in [0.25, 0.3) is 5.82 Å². The lowest BCUT2D eigenvalue weighted by Crippen LogP contribution is -1.97. The van der Waals surface area contributed by atoms with Gasteiger partial charge in [-0.05, 0) is 12.1 Å². The van der Waals surface area contributed by atoms with Gasteiger partial charge in [-0.25, -0.2) is 0 Å². The molecule has 3 heteroatoms. The Morgan fingerprint density at radius 1 is 1.60 bits per heavy atom. The van der Waals surface area contributed by atoms with Gasteiger partial charge in [-0.1, -0.05) is 12.6 Å². The van der Waals surface area contributed by atoms with Crippen LogP contribution in [-0.4, -0.2) is 4.98 Å². The highest BCUT2D eigenvalue weighted by Gasteiger charge is 1.95. The fourth-order valence-electron chi connectivity index (χ4n) is 0.643. The van der Waals surface area contributed by atoms with Crippen molar-refractivity contribution in [1.29, 1.82) is 0 Å². The minimum atomic E-state index is 0.392. The zero-order valence-corrected chi connectivity index (χ0v) is 5.41. The SMILES string of the molecule is [C-]#[N+]c1cccc(CN)n1. The quantitative estimate of drug-likeness (QED) is 0.583. The molecule has 0 unspecified atom stereocenters. The van der Waals surface area contributed by atoms with E-state index in [9.17, 15) is 0 Å². The summed E-state index contributed by atoms with van der Waals surface area (Å²) < 4.78 is 0. The summed E-state index contributed by atoms with van der Waals surface area (Å²) in [5, 5.41) is 0. The third-order valence-corrected chi connectivity index (χ3v) is 1.12. The summed E-state index contributed by atoms with van der Waals surface area (Å²) in [5.74, 6) is 0.406. The van der Waals surface area contributed by atoms with Gasteiger partial charge in [0.15, 0.2) is 0 Å². The molecule has 2 N–H and O–H groups in total. The number of aromatic nitrogens is 1. The lowest BCUT2D eigenvalue weighted by atomic mass is 10.3. The monoisotopic (exact) mass is 133 g/mol. The molecule has 0 saturated carbocycles. The molecule has 1 heterocycles. The Balaban J connectivity index is 3.01. The molecule has 0 radical (unpaired) electrons. The highest BCUT2D eigenvalue weighted by atomic mass is 14.9. The molecule has 0 amide bonds. The van der Waals surface area contributed by atoms with Crippen LogP contribution < -0.4 is 5.73 Å². The Morgan fingerprint density at radius 2 is 2.40 bits per heavy atom. The smallest absolute Gasteiger partial charge is 0.269 e. The molecule has 10 heavy (non-hydrogen) atoms. The van der Waals surface area contributed by atoms with Crippen molar-refractivity contribution in [2.75, 3.05) is 0 Å². The Bertz CT molecular complexity index is 262. The first kappa shape index (κ1) is 6.72. The molecule has 50 valence electrons. The standard InChI is InChI=1S/C7H7N3/c1-9-7-4-2-3-6(5-8)10-7/h2-4H,5,8H2. The first-order valence-corrected chi connectivity index (χ1v) is 2.90. The van der Waals surface area contributed by atoms with Gasteiger partial charge >= 0.3 is 0 Å². The zero-order valence-electron chi connectivity index (χ0n) is 5.41. The number of hydrogen-bond donors (Lipinski definition) is 1. The average molecular weight is 133 g/mol. The van der Waals surface area contributed by atoms with Gasteiger partial charge in [0.2, 0.25) is 0 Å². The summed E-state index contributed by atoms with van der Waals surface area (Å²) in [6.45, 7) is 7.03. The molecule has 0 saturated heterocycles. The Labute approximate surface area is 59.3 Å². The molecule has 0 aliphatic carbocycles. The molecule has 1 aromatic rings. The second kappa shape index (κ2) is 2.95.